The number of carboxylic acid groups (broad SMARTS) is 1. The third-order valence-electron chi connectivity index (χ3n) is 4.60. The number of aromatic carboxylic acids is 1. The summed E-state index contributed by atoms with van der Waals surface area (Å²) in [6, 6.07) is 8.79. The van der Waals surface area contributed by atoms with E-state index in [2.05, 4.69) is 5.32 Å². The summed E-state index contributed by atoms with van der Waals surface area (Å²) in [4.78, 5) is 11.9. The largest absolute Gasteiger partial charge is 0.478 e. The highest BCUT2D eigenvalue weighted by atomic mass is 32.2. The number of halogens is 1. The molecule has 0 atom stereocenters. The molecule has 3 aromatic rings. The van der Waals surface area contributed by atoms with Gasteiger partial charge in [0.15, 0.2) is 10.7 Å². The molecule has 4 rings (SSSR count). The maximum Gasteiger partial charge on any atom is 0.340 e. The molecule has 0 bridgehead atoms. The lowest BCUT2D eigenvalue weighted by Gasteiger charge is -2.09. The molecule has 2 aromatic carbocycles. The Balaban J connectivity index is 1.91. The van der Waals surface area contributed by atoms with E-state index in [1.807, 2.05) is 0 Å². The number of hydrogen-bond acceptors (Lipinski definition) is 5. The summed E-state index contributed by atoms with van der Waals surface area (Å²) in [5.74, 6) is -1.37. The fourth-order valence-corrected chi connectivity index (χ4v) is 3.51. The van der Waals surface area contributed by atoms with Gasteiger partial charge in [0.25, 0.3) is 0 Å². The van der Waals surface area contributed by atoms with Crippen LogP contribution >= 0.6 is 0 Å². The van der Waals surface area contributed by atoms with Gasteiger partial charge in [0, 0.05) is 22.7 Å². The highest BCUT2D eigenvalue weighted by molar-refractivity contribution is 7.72. The summed E-state index contributed by atoms with van der Waals surface area (Å²) in [5.41, 5.74) is 2.31. The average molecular weight is 389 g/mol. The number of benzene rings is 2. The Labute approximate surface area is 155 Å². The molecule has 0 aliphatic heterocycles. The third-order valence-corrected chi connectivity index (χ3v) is 5.01. The molecule has 27 heavy (non-hydrogen) atoms. The Kier molecular flexibility index (Phi) is 4.35. The molecule has 0 spiro atoms. The van der Waals surface area contributed by atoms with Crippen LogP contribution in [-0.2, 0) is 10.7 Å². The first kappa shape index (κ1) is 17.5. The average Bonchev–Trinajstić information content (AvgIpc) is 3.40. The van der Waals surface area contributed by atoms with Crippen LogP contribution in [0.15, 0.2) is 40.8 Å². The Morgan fingerprint density at radius 3 is 2.52 bits per heavy atom. The molecule has 8 heteroatoms. The number of carboxylic acids is 1. The van der Waals surface area contributed by atoms with Crippen LogP contribution in [0.3, 0.4) is 0 Å². The predicted molar refractivity (Wildman–Crippen MR) is 99.3 cm³/mol. The van der Waals surface area contributed by atoms with Gasteiger partial charge in [-0.25, -0.2) is 17.6 Å². The SMILES string of the molecule is O=C(O)c1c(-c2ccc(F)cc2)oc2cc(NC[SH](=O)=O)c(C3CC3)cc12. The molecular weight excluding hydrogens is 373 g/mol. The van der Waals surface area contributed by atoms with Gasteiger partial charge in [-0.05, 0) is 54.7 Å². The standard InChI is InChI=1S/C19H16FNO5S/c20-12-5-3-11(4-6-12)18-17(19(22)23)14-7-13(10-1-2-10)15(8-16(14)26-18)21-9-27(24)25/h3-8,10,21,27H,1-2,9H2,(H,22,23). The van der Waals surface area contributed by atoms with Gasteiger partial charge in [-0.15, -0.1) is 0 Å². The first-order chi connectivity index (χ1) is 12.9. The minimum absolute atomic E-state index is 0.0139. The second-order valence-electron chi connectivity index (χ2n) is 6.50. The van der Waals surface area contributed by atoms with Crippen molar-refractivity contribution in [2.24, 2.45) is 0 Å². The Morgan fingerprint density at radius 2 is 1.93 bits per heavy atom. The summed E-state index contributed by atoms with van der Waals surface area (Å²) in [7, 11) is -2.60. The molecule has 1 saturated carbocycles. The van der Waals surface area contributed by atoms with Gasteiger partial charge in [-0.2, -0.15) is 0 Å². The number of rotatable bonds is 6. The van der Waals surface area contributed by atoms with Gasteiger partial charge in [0.1, 0.15) is 28.6 Å². The molecule has 0 unspecified atom stereocenters. The first-order valence-corrected chi connectivity index (χ1v) is 9.75. The van der Waals surface area contributed by atoms with Crippen LogP contribution < -0.4 is 5.32 Å². The monoisotopic (exact) mass is 389 g/mol. The molecule has 0 saturated heterocycles. The molecular formula is C19H16FNO5S. The molecule has 1 aliphatic rings. The lowest BCUT2D eigenvalue weighted by atomic mass is 10.0. The molecule has 1 aliphatic carbocycles. The van der Waals surface area contributed by atoms with Gasteiger partial charge in [-0.3, -0.25) is 0 Å². The maximum absolute atomic E-state index is 13.2. The second-order valence-corrected chi connectivity index (χ2v) is 7.48. The van der Waals surface area contributed by atoms with E-state index < -0.39 is 22.5 Å². The Morgan fingerprint density at radius 1 is 1.22 bits per heavy atom. The van der Waals surface area contributed by atoms with Crippen molar-refractivity contribution in [2.75, 3.05) is 11.2 Å². The zero-order valence-electron chi connectivity index (χ0n) is 14.1. The normalized spacial score (nSPS) is 14.0. The lowest BCUT2D eigenvalue weighted by Crippen LogP contribution is -2.05. The van der Waals surface area contributed by atoms with Gasteiger partial charge >= 0.3 is 5.97 Å². The molecule has 2 N–H and O–H groups in total. The van der Waals surface area contributed by atoms with Crippen molar-refractivity contribution in [1.82, 2.24) is 0 Å². The van der Waals surface area contributed by atoms with Gasteiger partial charge < -0.3 is 14.8 Å². The van der Waals surface area contributed by atoms with Crippen molar-refractivity contribution < 1.29 is 27.1 Å². The first-order valence-electron chi connectivity index (χ1n) is 8.39. The van der Waals surface area contributed by atoms with Crippen LogP contribution in [-0.4, -0.2) is 25.4 Å². The summed E-state index contributed by atoms with van der Waals surface area (Å²) >= 11 is 0. The minimum Gasteiger partial charge on any atom is -0.478 e. The number of fused-ring (bicyclic) bond motifs is 1. The van der Waals surface area contributed by atoms with Crippen LogP contribution in [0.25, 0.3) is 22.3 Å². The van der Waals surface area contributed by atoms with Crippen LogP contribution in [0.2, 0.25) is 0 Å². The fourth-order valence-electron chi connectivity index (χ4n) is 3.21. The predicted octanol–water partition coefficient (Wildman–Crippen LogP) is 3.80. The topological polar surface area (TPSA) is 96.6 Å². The molecule has 0 radical (unpaired) electrons. The van der Waals surface area contributed by atoms with Gasteiger partial charge in [-0.1, -0.05) is 0 Å². The van der Waals surface area contributed by atoms with E-state index in [1.54, 1.807) is 12.1 Å². The number of anilines is 1. The minimum atomic E-state index is -2.60. The van der Waals surface area contributed by atoms with E-state index in [1.165, 1.54) is 24.3 Å². The number of carbonyl (C=O) groups is 1. The summed E-state index contributed by atoms with van der Waals surface area (Å²) in [6.45, 7) is 0. The van der Waals surface area contributed by atoms with Crippen molar-refractivity contribution in [2.45, 2.75) is 18.8 Å². The van der Waals surface area contributed by atoms with E-state index in [-0.39, 0.29) is 23.1 Å². The Bertz CT molecular complexity index is 1110. The number of thiol groups is 1. The quantitative estimate of drug-likeness (QED) is 0.555. The van der Waals surface area contributed by atoms with E-state index in [4.69, 9.17) is 4.42 Å². The van der Waals surface area contributed by atoms with Gasteiger partial charge in [0.05, 0.1) is 0 Å². The smallest absolute Gasteiger partial charge is 0.340 e. The van der Waals surface area contributed by atoms with Crippen molar-refractivity contribution in [3.05, 3.63) is 53.3 Å². The number of hydrogen-bond donors (Lipinski definition) is 3. The van der Waals surface area contributed by atoms with Gasteiger partial charge in [0.2, 0.25) is 0 Å². The van der Waals surface area contributed by atoms with Crippen molar-refractivity contribution in [3.8, 4) is 11.3 Å². The zero-order chi connectivity index (χ0) is 19.1. The molecule has 1 aromatic heterocycles. The van der Waals surface area contributed by atoms with E-state index in [0.29, 0.717) is 22.2 Å². The van der Waals surface area contributed by atoms with Crippen LogP contribution in [0.4, 0.5) is 10.1 Å². The van der Waals surface area contributed by atoms with Crippen molar-refractivity contribution >= 4 is 33.3 Å². The molecule has 0 amide bonds. The highest BCUT2D eigenvalue weighted by Gasteiger charge is 2.29. The molecule has 1 fully saturated rings. The Hall–Kier alpha value is -2.87. The highest BCUT2D eigenvalue weighted by Crippen LogP contribution is 2.46. The molecule has 6 nitrogen and oxygen atoms in total. The maximum atomic E-state index is 13.2. The second kappa shape index (κ2) is 6.70. The fraction of sp³-hybridized carbons (Fsp3) is 0.211. The van der Waals surface area contributed by atoms with E-state index in [9.17, 15) is 22.7 Å². The molecule has 1 heterocycles. The number of nitrogens with one attached hydrogen (secondary N) is 1. The third kappa shape index (κ3) is 3.40. The zero-order valence-corrected chi connectivity index (χ0v) is 15.0. The van der Waals surface area contributed by atoms with Crippen LogP contribution in [0, 0.1) is 5.82 Å². The van der Waals surface area contributed by atoms with E-state index in [0.717, 1.165) is 18.4 Å². The summed E-state index contributed by atoms with van der Waals surface area (Å²) in [5, 5.41) is 13.1. The van der Waals surface area contributed by atoms with Crippen LogP contribution in [0.1, 0.15) is 34.7 Å². The van der Waals surface area contributed by atoms with Crippen LogP contribution in [0.5, 0.6) is 0 Å². The van der Waals surface area contributed by atoms with Crippen molar-refractivity contribution in [1.29, 1.82) is 0 Å². The van der Waals surface area contributed by atoms with E-state index >= 15 is 0 Å². The summed E-state index contributed by atoms with van der Waals surface area (Å²) < 4.78 is 40.9. The van der Waals surface area contributed by atoms with Crippen molar-refractivity contribution in [3.63, 3.8) is 0 Å². The molecule has 140 valence electrons. The lowest BCUT2D eigenvalue weighted by molar-refractivity contribution is 0.0699. The number of furan rings is 1. The summed E-state index contributed by atoms with van der Waals surface area (Å²) in [6.07, 6.45) is 1.93.